The number of benzene rings is 1. The van der Waals surface area contributed by atoms with Crippen LogP contribution in [-0.4, -0.2) is 12.0 Å². The van der Waals surface area contributed by atoms with Crippen LogP contribution in [0.3, 0.4) is 0 Å². The molecule has 2 nitrogen and oxygen atoms in total. The molecule has 0 aromatic heterocycles. The first-order valence-electron chi connectivity index (χ1n) is 4.18. The number of hydrogen-bond donors (Lipinski definition) is 0. The minimum Gasteiger partial charge on any atom is -0.494 e. The fourth-order valence-electron chi connectivity index (χ4n) is 1.41. The minimum absolute atomic E-state index is 0.721. The monoisotopic (exact) mass is 203 g/mol. The minimum atomic E-state index is 0.721. The summed E-state index contributed by atoms with van der Waals surface area (Å²) in [7, 11) is 1.62. The summed E-state index contributed by atoms with van der Waals surface area (Å²) in [5.74, 6) is 0.721. The van der Waals surface area contributed by atoms with Crippen molar-refractivity contribution in [1.29, 1.82) is 0 Å². The summed E-state index contributed by atoms with van der Waals surface area (Å²) in [6.45, 7) is 3.87. The Kier molecular flexibility index (Phi) is 2.17. The normalized spacial score (nSPS) is 13.4. The fraction of sp³-hybridized carbons (Fsp3) is 0.0909. The lowest BCUT2D eigenvalue weighted by molar-refractivity contribution is 0.409. The molecule has 70 valence electrons. The van der Waals surface area contributed by atoms with Crippen LogP contribution in [0, 0.1) is 0 Å². The second-order valence-electron chi connectivity index (χ2n) is 3.00. The molecular weight excluding hydrogens is 194 g/mol. The predicted octanol–water partition coefficient (Wildman–Crippen LogP) is 0.970. The summed E-state index contributed by atoms with van der Waals surface area (Å²) >= 11 is 5.20. The third kappa shape index (κ3) is 1.36. The molecule has 0 N–H and O–H groups in total. The lowest BCUT2D eigenvalue weighted by atomic mass is 10.1. The average Bonchev–Trinajstić information content (AvgIpc) is 2.18. The van der Waals surface area contributed by atoms with E-state index in [4.69, 9.17) is 17.0 Å². The van der Waals surface area contributed by atoms with Crippen molar-refractivity contribution < 1.29 is 4.74 Å². The van der Waals surface area contributed by atoms with Crippen molar-refractivity contribution in [2.45, 2.75) is 0 Å². The van der Waals surface area contributed by atoms with E-state index in [1.54, 1.807) is 19.4 Å². The van der Waals surface area contributed by atoms with E-state index in [1.807, 2.05) is 12.1 Å². The summed E-state index contributed by atoms with van der Waals surface area (Å²) in [5.41, 5.74) is 0.923. The molecule has 2 rings (SSSR count). The van der Waals surface area contributed by atoms with Gasteiger partial charge in [-0.2, -0.15) is 0 Å². The zero-order valence-electron chi connectivity index (χ0n) is 7.78. The van der Waals surface area contributed by atoms with Crippen LogP contribution in [0.1, 0.15) is 5.56 Å². The van der Waals surface area contributed by atoms with Crippen LogP contribution < -0.4 is 15.3 Å². The highest BCUT2D eigenvalue weighted by atomic mass is 32.1. The van der Waals surface area contributed by atoms with Crippen LogP contribution in [0.25, 0.3) is 6.58 Å². The van der Waals surface area contributed by atoms with Crippen molar-refractivity contribution in [1.82, 2.24) is 0 Å². The largest absolute Gasteiger partial charge is 0.494 e. The number of nitrogens with zero attached hydrogens (tertiary/aromatic N) is 1. The van der Waals surface area contributed by atoms with E-state index in [1.165, 1.54) is 0 Å². The second kappa shape index (κ2) is 3.35. The third-order valence-electron chi connectivity index (χ3n) is 2.05. The Morgan fingerprint density at radius 1 is 1.43 bits per heavy atom. The maximum Gasteiger partial charge on any atom is 0.145 e. The molecule has 14 heavy (non-hydrogen) atoms. The molecule has 0 saturated heterocycles. The number of hydrogen-bond acceptors (Lipinski definition) is 3. The molecular formula is C11H9NOS. The highest BCUT2D eigenvalue weighted by Gasteiger charge is 2.09. The maximum atomic E-state index is 5.21. The smallest absolute Gasteiger partial charge is 0.145 e. The van der Waals surface area contributed by atoms with Gasteiger partial charge in [0.05, 0.1) is 7.11 Å². The van der Waals surface area contributed by atoms with Crippen LogP contribution in [-0.2, 0) is 0 Å². The number of allylic oxidation sites excluding steroid dienone is 1. The lowest BCUT2D eigenvalue weighted by Crippen LogP contribution is -2.22. The summed E-state index contributed by atoms with van der Waals surface area (Å²) < 4.78 is 5.21. The van der Waals surface area contributed by atoms with E-state index in [2.05, 4.69) is 11.6 Å². The number of fused-ring (bicyclic) bond motifs is 1. The topological polar surface area (TPSA) is 21.6 Å². The van der Waals surface area contributed by atoms with Gasteiger partial charge in [-0.15, -0.1) is 0 Å². The molecule has 0 saturated carbocycles. The third-order valence-corrected chi connectivity index (χ3v) is 2.41. The van der Waals surface area contributed by atoms with E-state index in [-0.39, 0.29) is 0 Å². The number of rotatable bonds is 1. The van der Waals surface area contributed by atoms with Crippen molar-refractivity contribution >= 4 is 23.7 Å². The number of methoxy groups -OCH3 is 1. The molecule has 0 atom stereocenters. The Morgan fingerprint density at radius 2 is 2.21 bits per heavy atom. The van der Waals surface area contributed by atoms with Gasteiger partial charge in [0.2, 0.25) is 0 Å². The van der Waals surface area contributed by atoms with Gasteiger partial charge in [-0.25, -0.2) is 0 Å². The Labute approximate surface area is 87.2 Å². The van der Waals surface area contributed by atoms with Crippen LogP contribution >= 0.6 is 12.2 Å². The highest BCUT2D eigenvalue weighted by molar-refractivity contribution is 7.81. The van der Waals surface area contributed by atoms with Gasteiger partial charge in [-0.1, -0.05) is 18.8 Å². The van der Waals surface area contributed by atoms with Crippen molar-refractivity contribution in [3.8, 4) is 5.75 Å². The van der Waals surface area contributed by atoms with Crippen molar-refractivity contribution in [3.63, 3.8) is 0 Å². The summed E-state index contributed by atoms with van der Waals surface area (Å²) in [4.78, 5) is 5.01. The fourth-order valence-corrected chi connectivity index (χ4v) is 1.63. The predicted molar refractivity (Wildman–Crippen MR) is 60.1 cm³/mol. The van der Waals surface area contributed by atoms with E-state index in [9.17, 15) is 0 Å². The van der Waals surface area contributed by atoms with Crippen LogP contribution in [0.5, 0.6) is 5.75 Å². The molecule has 1 aromatic rings. The summed E-state index contributed by atoms with van der Waals surface area (Å²) in [5, 5.41) is 1.68. The van der Waals surface area contributed by atoms with Crippen molar-refractivity contribution in [2.24, 2.45) is 4.99 Å². The van der Waals surface area contributed by atoms with E-state index in [0.717, 1.165) is 26.8 Å². The average molecular weight is 203 g/mol. The highest BCUT2D eigenvalue weighted by Crippen LogP contribution is 2.06. The molecule has 0 amide bonds. The molecule has 0 radical (unpaired) electrons. The van der Waals surface area contributed by atoms with Crippen LogP contribution in [0.2, 0.25) is 0 Å². The van der Waals surface area contributed by atoms with Crippen LogP contribution in [0.4, 0.5) is 0 Å². The molecule has 1 aliphatic heterocycles. The van der Waals surface area contributed by atoms with Gasteiger partial charge in [0.1, 0.15) is 11.1 Å². The molecule has 0 bridgehead atoms. The number of ether oxygens (including phenoxy) is 1. The van der Waals surface area contributed by atoms with Crippen molar-refractivity contribution in [2.75, 3.05) is 7.11 Å². The maximum absolute atomic E-state index is 5.21. The Morgan fingerprint density at radius 3 is 2.93 bits per heavy atom. The quantitative estimate of drug-likeness (QED) is 0.634. The van der Waals surface area contributed by atoms with Gasteiger partial charge < -0.3 is 4.74 Å². The molecule has 1 aliphatic rings. The van der Waals surface area contributed by atoms with Crippen molar-refractivity contribution in [3.05, 3.63) is 40.5 Å². The summed E-state index contributed by atoms with van der Waals surface area (Å²) in [6.07, 6.45) is 3.49. The standard InChI is InChI=1S/C11H9NOS/c1-7-5-8-10(14)3-4-12-11(8)9(6-7)13-2/h3-6H,1H2,2H3. The molecule has 0 spiro atoms. The first-order chi connectivity index (χ1) is 6.72. The Bertz CT molecular complexity index is 531. The molecule has 0 fully saturated rings. The van der Waals surface area contributed by atoms with Gasteiger partial charge in [0, 0.05) is 16.6 Å². The second-order valence-corrected chi connectivity index (χ2v) is 3.44. The molecule has 3 heteroatoms. The molecule has 0 aliphatic carbocycles. The van der Waals surface area contributed by atoms with Gasteiger partial charge in [0.15, 0.2) is 0 Å². The SMILES string of the molecule is C=c1cc(OC)c2c(c1)C(=S)C=CN=2. The molecule has 1 heterocycles. The van der Waals surface area contributed by atoms with E-state index >= 15 is 0 Å². The number of thiocarbonyl (C=S) groups is 1. The molecule has 1 aromatic carbocycles. The first-order valence-corrected chi connectivity index (χ1v) is 4.59. The zero-order valence-corrected chi connectivity index (χ0v) is 8.60. The summed E-state index contributed by atoms with van der Waals surface area (Å²) in [6, 6.07) is 3.78. The molecule has 0 unspecified atom stereocenters. The van der Waals surface area contributed by atoms with Gasteiger partial charge in [-0.3, -0.25) is 4.99 Å². The van der Waals surface area contributed by atoms with E-state index < -0.39 is 0 Å². The van der Waals surface area contributed by atoms with E-state index in [0.29, 0.717) is 0 Å². The first kappa shape index (κ1) is 9.09. The lowest BCUT2D eigenvalue weighted by Gasteiger charge is -2.08. The van der Waals surface area contributed by atoms with Gasteiger partial charge in [-0.05, 0) is 23.4 Å². The van der Waals surface area contributed by atoms with Gasteiger partial charge >= 0.3 is 0 Å². The van der Waals surface area contributed by atoms with Gasteiger partial charge in [0.25, 0.3) is 0 Å². The van der Waals surface area contributed by atoms with Crippen LogP contribution in [0.15, 0.2) is 29.4 Å². The Balaban J connectivity index is 2.86. The Hall–Kier alpha value is -1.48. The zero-order chi connectivity index (χ0) is 10.1.